The van der Waals surface area contributed by atoms with Crippen LogP contribution >= 0.6 is 0 Å². The molecule has 2 aliphatic carbocycles. The molecule has 2 saturated carbocycles. The molecule has 2 aliphatic rings. The summed E-state index contributed by atoms with van der Waals surface area (Å²) in [6.07, 6.45) is 10.3. The maximum atomic E-state index is 4.03. The number of hydrogen-bond donors (Lipinski definition) is 2. The number of rotatable bonds is 4. The van der Waals surface area contributed by atoms with Crippen LogP contribution in [-0.2, 0) is 0 Å². The highest BCUT2D eigenvalue weighted by Gasteiger charge is 2.34. The molecule has 0 radical (unpaired) electrons. The van der Waals surface area contributed by atoms with E-state index in [0.717, 1.165) is 17.5 Å². The predicted octanol–water partition coefficient (Wildman–Crippen LogP) is 4.46. The third-order valence-corrected chi connectivity index (χ3v) is 5.05. The fourth-order valence-corrected chi connectivity index (χ4v) is 3.78. The van der Waals surface area contributed by atoms with Gasteiger partial charge in [-0.05, 0) is 55.7 Å². The van der Waals surface area contributed by atoms with E-state index >= 15 is 0 Å². The molecule has 0 spiro atoms. The zero-order valence-electron chi connectivity index (χ0n) is 12.4. The second-order valence-electron chi connectivity index (χ2n) is 6.66. The van der Waals surface area contributed by atoms with Gasteiger partial charge in [0.1, 0.15) is 0 Å². The maximum absolute atomic E-state index is 4.03. The number of benzene rings is 1. The zero-order valence-corrected chi connectivity index (χ0v) is 12.4. The normalized spacial score (nSPS) is 25.7. The van der Waals surface area contributed by atoms with Gasteiger partial charge in [0.25, 0.3) is 0 Å². The highest BCUT2D eigenvalue weighted by molar-refractivity contribution is 5.64. The van der Waals surface area contributed by atoms with Gasteiger partial charge in [0.15, 0.2) is 0 Å². The van der Waals surface area contributed by atoms with Crippen LogP contribution in [0.1, 0.15) is 38.5 Å². The van der Waals surface area contributed by atoms with Gasteiger partial charge in [-0.3, -0.25) is 5.10 Å². The molecule has 2 atom stereocenters. The fraction of sp³-hybridized carbons (Fsp3) is 0.500. The molecule has 110 valence electrons. The minimum absolute atomic E-state index is 0.654. The molecule has 2 N–H and O–H groups in total. The van der Waals surface area contributed by atoms with Crippen molar-refractivity contribution in [2.45, 2.75) is 44.6 Å². The summed E-state index contributed by atoms with van der Waals surface area (Å²) in [4.78, 5) is 0. The summed E-state index contributed by atoms with van der Waals surface area (Å²) in [5, 5.41) is 10.8. The topological polar surface area (TPSA) is 40.7 Å². The Labute approximate surface area is 126 Å². The van der Waals surface area contributed by atoms with Gasteiger partial charge in [-0.25, -0.2) is 0 Å². The lowest BCUT2D eigenvalue weighted by Crippen LogP contribution is -2.28. The maximum Gasteiger partial charge on any atom is 0.0650 e. The molecular formula is C18H23N3. The molecule has 0 bridgehead atoms. The Hall–Kier alpha value is -1.77. The number of aromatic nitrogens is 2. The van der Waals surface area contributed by atoms with Crippen LogP contribution in [0.25, 0.3) is 11.3 Å². The van der Waals surface area contributed by atoms with Gasteiger partial charge in [-0.15, -0.1) is 0 Å². The van der Waals surface area contributed by atoms with Gasteiger partial charge >= 0.3 is 0 Å². The SMILES string of the molecule is c1cc(NC2CCCC(C3CC3)C2)cc(-c2ccn[nH]2)c1. The van der Waals surface area contributed by atoms with Crippen LogP contribution in [0.4, 0.5) is 5.69 Å². The molecule has 2 fully saturated rings. The van der Waals surface area contributed by atoms with Crippen LogP contribution in [0.15, 0.2) is 36.5 Å². The lowest BCUT2D eigenvalue weighted by atomic mass is 9.82. The molecular weight excluding hydrogens is 258 g/mol. The lowest BCUT2D eigenvalue weighted by Gasteiger charge is -2.30. The summed E-state index contributed by atoms with van der Waals surface area (Å²) >= 11 is 0. The van der Waals surface area contributed by atoms with Gasteiger partial charge in [-0.1, -0.05) is 25.0 Å². The number of hydrogen-bond acceptors (Lipinski definition) is 2. The van der Waals surface area contributed by atoms with E-state index in [1.54, 1.807) is 6.20 Å². The largest absolute Gasteiger partial charge is 0.382 e. The molecule has 3 nitrogen and oxygen atoms in total. The van der Waals surface area contributed by atoms with E-state index in [2.05, 4.69) is 39.8 Å². The van der Waals surface area contributed by atoms with Crippen LogP contribution in [0.3, 0.4) is 0 Å². The molecule has 2 unspecified atom stereocenters. The average molecular weight is 281 g/mol. The molecule has 0 amide bonds. The first kappa shape index (κ1) is 12.9. The second kappa shape index (κ2) is 5.55. The molecule has 4 rings (SSSR count). The second-order valence-corrected chi connectivity index (χ2v) is 6.66. The molecule has 1 heterocycles. The first-order chi connectivity index (χ1) is 10.4. The first-order valence-corrected chi connectivity index (χ1v) is 8.25. The third kappa shape index (κ3) is 2.97. The Kier molecular flexibility index (Phi) is 3.42. The molecule has 1 aromatic heterocycles. The van der Waals surface area contributed by atoms with Gasteiger partial charge in [0.2, 0.25) is 0 Å². The van der Waals surface area contributed by atoms with Gasteiger partial charge in [-0.2, -0.15) is 5.10 Å². The van der Waals surface area contributed by atoms with Gasteiger partial charge < -0.3 is 5.32 Å². The Balaban J connectivity index is 1.45. The summed E-state index contributed by atoms with van der Waals surface area (Å²) < 4.78 is 0. The van der Waals surface area contributed by atoms with Crippen molar-refractivity contribution < 1.29 is 0 Å². The minimum Gasteiger partial charge on any atom is -0.382 e. The lowest BCUT2D eigenvalue weighted by molar-refractivity contribution is 0.303. The van der Waals surface area contributed by atoms with Crippen molar-refractivity contribution in [1.82, 2.24) is 10.2 Å². The Morgan fingerprint density at radius 2 is 2.00 bits per heavy atom. The van der Waals surface area contributed by atoms with Crippen molar-refractivity contribution in [2.75, 3.05) is 5.32 Å². The fourth-order valence-electron chi connectivity index (χ4n) is 3.78. The molecule has 21 heavy (non-hydrogen) atoms. The van der Waals surface area contributed by atoms with Crippen molar-refractivity contribution in [3.63, 3.8) is 0 Å². The van der Waals surface area contributed by atoms with E-state index in [1.165, 1.54) is 49.8 Å². The number of aromatic amines is 1. The summed E-state index contributed by atoms with van der Waals surface area (Å²) in [6.45, 7) is 0. The number of nitrogens with one attached hydrogen (secondary N) is 2. The van der Waals surface area contributed by atoms with Gasteiger partial charge in [0.05, 0.1) is 5.69 Å². The van der Waals surface area contributed by atoms with Crippen molar-refractivity contribution in [3.05, 3.63) is 36.5 Å². The summed E-state index contributed by atoms with van der Waals surface area (Å²) in [6, 6.07) is 11.3. The van der Waals surface area contributed by atoms with Crippen LogP contribution in [0.5, 0.6) is 0 Å². The Morgan fingerprint density at radius 3 is 2.81 bits per heavy atom. The van der Waals surface area contributed by atoms with E-state index in [0.29, 0.717) is 6.04 Å². The van der Waals surface area contributed by atoms with Crippen molar-refractivity contribution in [2.24, 2.45) is 11.8 Å². The van der Waals surface area contributed by atoms with E-state index in [1.807, 2.05) is 6.07 Å². The van der Waals surface area contributed by atoms with E-state index in [4.69, 9.17) is 0 Å². The van der Waals surface area contributed by atoms with Crippen molar-refractivity contribution in [1.29, 1.82) is 0 Å². The predicted molar refractivity (Wildman–Crippen MR) is 86.1 cm³/mol. The Morgan fingerprint density at radius 1 is 1.05 bits per heavy atom. The first-order valence-electron chi connectivity index (χ1n) is 8.25. The number of H-pyrrole nitrogens is 1. The number of nitrogens with zero attached hydrogens (tertiary/aromatic N) is 1. The summed E-state index contributed by atoms with van der Waals surface area (Å²) in [5.41, 5.74) is 3.52. The monoisotopic (exact) mass is 281 g/mol. The van der Waals surface area contributed by atoms with Crippen LogP contribution in [0, 0.1) is 11.8 Å². The summed E-state index contributed by atoms with van der Waals surface area (Å²) in [5.74, 6) is 2.03. The molecule has 2 aromatic rings. The number of anilines is 1. The quantitative estimate of drug-likeness (QED) is 0.868. The zero-order chi connectivity index (χ0) is 14.1. The highest BCUT2D eigenvalue weighted by Crippen LogP contribution is 2.44. The molecule has 0 saturated heterocycles. The molecule has 0 aliphatic heterocycles. The molecule has 1 aromatic carbocycles. The highest BCUT2D eigenvalue weighted by atomic mass is 15.1. The van der Waals surface area contributed by atoms with E-state index < -0.39 is 0 Å². The van der Waals surface area contributed by atoms with E-state index in [-0.39, 0.29) is 0 Å². The minimum atomic E-state index is 0.654. The van der Waals surface area contributed by atoms with Crippen molar-refractivity contribution >= 4 is 5.69 Å². The third-order valence-electron chi connectivity index (χ3n) is 5.05. The standard InChI is InChI=1S/C18H23N3/c1-3-14(13-7-8-13)11-16(5-1)20-17-6-2-4-15(12-17)18-9-10-19-21-18/h2,4,6,9-10,12-14,16,20H,1,3,5,7-8,11H2,(H,19,21). The van der Waals surface area contributed by atoms with Gasteiger partial charge in [0, 0.05) is 23.5 Å². The Bertz CT molecular complexity index is 586. The van der Waals surface area contributed by atoms with Crippen LogP contribution in [0.2, 0.25) is 0 Å². The average Bonchev–Trinajstić information content (AvgIpc) is 3.23. The smallest absolute Gasteiger partial charge is 0.0650 e. The summed E-state index contributed by atoms with van der Waals surface area (Å²) in [7, 11) is 0. The van der Waals surface area contributed by atoms with Crippen LogP contribution < -0.4 is 5.32 Å². The van der Waals surface area contributed by atoms with E-state index in [9.17, 15) is 0 Å². The molecule has 3 heteroatoms. The van der Waals surface area contributed by atoms with Crippen LogP contribution in [-0.4, -0.2) is 16.2 Å². The van der Waals surface area contributed by atoms with Crippen molar-refractivity contribution in [3.8, 4) is 11.3 Å².